The molecule has 0 radical (unpaired) electrons. The quantitative estimate of drug-likeness (QED) is 0.464. The second kappa shape index (κ2) is 5.53. The first kappa shape index (κ1) is 11.7. The van der Waals surface area contributed by atoms with Crippen LogP contribution in [0.4, 0.5) is 11.5 Å². The van der Waals surface area contributed by atoms with Gasteiger partial charge in [-0.1, -0.05) is 0 Å². The van der Waals surface area contributed by atoms with E-state index in [1.54, 1.807) is 12.3 Å². The Bertz CT molecular complexity index is 554. The van der Waals surface area contributed by atoms with Gasteiger partial charge in [0.1, 0.15) is 19.1 Å². The number of nitrogens with zero attached hydrogens (tertiary/aromatic N) is 6. The minimum atomic E-state index is -0.519. The summed E-state index contributed by atoms with van der Waals surface area (Å²) in [5, 5.41) is 18.1. The summed E-state index contributed by atoms with van der Waals surface area (Å²) in [6.45, 7) is 0.307. The largest absolute Gasteiger partial charge is 0.287 e. The van der Waals surface area contributed by atoms with Crippen molar-refractivity contribution < 1.29 is 4.92 Å². The van der Waals surface area contributed by atoms with Gasteiger partial charge in [-0.3, -0.25) is 10.1 Å². The summed E-state index contributed by atoms with van der Waals surface area (Å²) in [6, 6.07) is 4.48. The van der Waals surface area contributed by atoms with Crippen molar-refractivity contribution in [2.45, 2.75) is 6.54 Å². The van der Waals surface area contributed by atoms with Gasteiger partial charge >= 0.3 is 0 Å². The number of azo groups is 1. The zero-order chi connectivity index (χ0) is 12.8. The molecule has 2 heterocycles. The lowest BCUT2D eigenvalue weighted by molar-refractivity contribution is -0.385. The molecule has 0 saturated heterocycles. The van der Waals surface area contributed by atoms with Crippen molar-refractivity contribution in [2.24, 2.45) is 10.2 Å². The predicted octanol–water partition coefficient (Wildman–Crippen LogP) is 2.06. The number of nitro groups is 1. The van der Waals surface area contributed by atoms with Crippen LogP contribution < -0.4 is 0 Å². The molecule has 0 N–H and O–H groups in total. The van der Waals surface area contributed by atoms with Gasteiger partial charge in [-0.2, -0.15) is 5.11 Å². The van der Waals surface area contributed by atoms with E-state index in [1.807, 2.05) is 0 Å². The minimum Gasteiger partial charge on any atom is -0.258 e. The van der Waals surface area contributed by atoms with Crippen LogP contribution >= 0.6 is 0 Å². The van der Waals surface area contributed by atoms with Crippen molar-refractivity contribution in [3.63, 3.8) is 0 Å². The van der Waals surface area contributed by atoms with Gasteiger partial charge in [0.2, 0.25) is 0 Å². The molecule has 0 aliphatic heterocycles. The van der Waals surface area contributed by atoms with Crippen LogP contribution in [0.15, 0.2) is 47.1 Å². The normalized spacial score (nSPS) is 10.7. The van der Waals surface area contributed by atoms with Crippen LogP contribution in [0.5, 0.6) is 0 Å². The van der Waals surface area contributed by atoms with E-state index < -0.39 is 4.92 Å². The molecule has 0 amide bonds. The van der Waals surface area contributed by atoms with Crippen LogP contribution in [0.3, 0.4) is 0 Å². The highest BCUT2D eigenvalue weighted by Gasteiger charge is 2.04. The van der Waals surface area contributed by atoms with E-state index in [-0.39, 0.29) is 5.69 Å². The summed E-state index contributed by atoms with van der Waals surface area (Å²) in [5.74, 6) is 0.314. The third-order valence-corrected chi connectivity index (χ3v) is 1.99. The van der Waals surface area contributed by atoms with Gasteiger partial charge < -0.3 is 0 Å². The van der Waals surface area contributed by atoms with Gasteiger partial charge in [0.25, 0.3) is 5.69 Å². The maximum absolute atomic E-state index is 10.4. The zero-order valence-corrected chi connectivity index (χ0v) is 9.17. The average Bonchev–Trinajstić information content (AvgIpc) is 2.40. The monoisotopic (exact) mass is 244 g/mol. The lowest BCUT2D eigenvalue weighted by Crippen LogP contribution is -1.88. The fourth-order valence-electron chi connectivity index (χ4n) is 1.14. The molecule has 2 aromatic rings. The molecule has 0 fully saturated rings. The molecule has 0 bridgehead atoms. The molecular formula is C10H8N6O2. The Hall–Kier alpha value is -2.77. The summed E-state index contributed by atoms with van der Waals surface area (Å²) >= 11 is 0. The molecule has 0 unspecified atom stereocenters. The number of rotatable bonds is 4. The van der Waals surface area contributed by atoms with Crippen LogP contribution in [0.1, 0.15) is 5.69 Å². The van der Waals surface area contributed by atoms with Gasteiger partial charge in [-0.15, -0.1) is 5.11 Å². The average molecular weight is 244 g/mol. The number of pyridine rings is 1. The van der Waals surface area contributed by atoms with Gasteiger partial charge in [-0.25, -0.2) is 15.0 Å². The second-order valence-corrected chi connectivity index (χ2v) is 3.23. The van der Waals surface area contributed by atoms with E-state index in [2.05, 4.69) is 25.2 Å². The van der Waals surface area contributed by atoms with Gasteiger partial charge in [0, 0.05) is 12.3 Å². The molecule has 2 aromatic heterocycles. The molecule has 90 valence electrons. The summed E-state index contributed by atoms with van der Waals surface area (Å²) in [7, 11) is 0. The Morgan fingerprint density at radius 3 is 2.78 bits per heavy atom. The molecular weight excluding hydrogens is 236 g/mol. The van der Waals surface area contributed by atoms with Gasteiger partial charge in [0.05, 0.1) is 10.6 Å². The van der Waals surface area contributed by atoms with E-state index in [1.165, 1.54) is 18.5 Å². The minimum absolute atomic E-state index is 0.0789. The third-order valence-electron chi connectivity index (χ3n) is 1.99. The topological polar surface area (TPSA) is 107 Å². The van der Waals surface area contributed by atoms with Gasteiger partial charge in [-0.05, 0) is 12.1 Å². The molecule has 0 aliphatic carbocycles. The van der Waals surface area contributed by atoms with Crippen LogP contribution in [-0.2, 0) is 6.54 Å². The maximum Gasteiger partial charge on any atom is 0.287 e. The van der Waals surface area contributed by atoms with Crippen LogP contribution in [-0.4, -0.2) is 19.9 Å². The molecule has 0 aliphatic rings. The van der Waals surface area contributed by atoms with Crippen molar-refractivity contribution in [1.29, 1.82) is 0 Å². The number of aromatic nitrogens is 3. The standard InChI is InChI=1S/C10H8N6O2/c17-16(18)9-1-2-10(12-6-9)15-14-5-8-3-4-11-7-13-8/h1-4,6-7H,5H2. The van der Waals surface area contributed by atoms with Crippen molar-refractivity contribution >= 4 is 11.5 Å². The molecule has 0 saturated carbocycles. The second-order valence-electron chi connectivity index (χ2n) is 3.23. The van der Waals surface area contributed by atoms with Crippen molar-refractivity contribution in [1.82, 2.24) is 15.0 Å². The molecule has 8 heteroatoms. The van der Waals surface area contributed by atoms with E-state index in [0.717, 1.165) is 11.9 Å². The SMILES string of the molecule is O=[N+]([O-])c1ccc(N=NCc2ccncn2)nc1. The smallest absolute Gasteiger partial charge is 0.258 e. The summed E-state index contributed by atoms with van der Waals surface area (Å²) in [5.41, 5.74) is 0.653. The third kappa shape index (κ3) is 3.11. The van der Waals surface area contributed by atoms with Crippen molar-refractivity contribution in [3.05, 3.63) is 52.7 Å². The van der Waals surface area contributed by atoms with E-state index in [4.69, 9.17) is 0 Å². The van der Waals surface area contributed by atoms with Crippen LogP contribution in [0.2, 0.25) is 0 Å². The molecule has 0 spiro atoms. The molecule has 0 aromatic carbocycles. The summed E-state index contributed by atoms with van der Waals surface area (Å²) < 4.78 is 0. The summed E-state index contributed by atoms with van der Waals surface area (Å²) in [4.78, 5) is 21.4. The lowest BCUT2D eigenvalue weighted by Gasteiger charge is -1.93. The molecule has 8 nitrogen and oxygen atoms in total. The Morgan fingerprint density at radius 1 is 1.28 bits per heavy atom. The van der Waals surface area contributed by atoms with Gasteiger partial charge in [0.15, 0.2) is 5.82 Å². The van der Waals surface area contributed by atoms with E-state index in [0.29, 0.717) is 12.4 Å². The van der Waals surface area contributed by atoms with Crippen molar-refractivity contribution in [2.75, 3.05) is 0 Å². The molecule has 2 rings (SSSR count). The lowest BCUT2D eigenvalue weighted by atomic mass is 10.4. The Morgan fingerprint density at radius 2 is 2.17 bits per heavy atom. The Balaban J connectivity index is 1.99. The predicted molar refractivity (Wildman–Crippen MR) is 61.1 cm³/mol. The van der Waals surface area contributed by atoms with Crippen LogP contribution in [0.25, 0.3) is 0 Å². The highest BCUT2D eigenvalue weighted by Crippen LogP contribution is 2.14. The number of hydrogen-bond acceptors (Lipinski definition) is 7. The zero-order valence-electron chi connectivity index (χ0n) is 9.17. The fourth-order valence-corrected chi connectivity index (χ4v) is 1.14. The first-order chi connectivity index (χ1) is 8.75. The first-order valence-corrected chi connectivity index (χ1v) is 4.98. The highest BCUT2D eigenvalue weighted by molar-refractivity contribution is 5.35. The maximum atomic E-state index is 10.4. The Kier molecular flexibility index (Phi) is 3.59. The first-order valence-electron chi connectivity index (χ1n) is 4.98. The van der Waals surface area contributed by atoms with E-state index >= 15 is 0 Å². The molecule has 18 heavy (non-hydrogen) atoms. The van der Waals surface area contributed by atoms with E-state index in [9.17, 15) is 10.1 Å². The number of hydrogen-bond donors (Lipinski definition) is 0. The Labute approximate surface area is 102 Å². The fraction of sp³-hybridized carbons (Fsp3) is 0.100. The summed E-state index contributed by atoms with van der Waals surface area (Å²) in [6.07, 6.45) is 4.18. The highest BCUT2D eigenvalue weighted by atomic mass is 16.6. The molecule has 0 atom stereocenters. The van der Waals surface area contributed by atoms with Crippen LogP contribution in [0, 0.1) is 10.1 Å². The van der Waals surface area contributed by atoms with Crippen molar-refractivity contribution in [3.8, 4) is 0 Å².